The Morgan fingerprint density at radius 2 is 1.75 bits per heavy atom. The zero-order chi connectivity index (χ0) is 9.80. The third-order valence-electron chi connectivity index (χ3n) is 2.29. The van der Waals surface area contributed by atoms with Crippen molar-refractivity contribution in [1.82, 2.24) is 15.3 Å². The molecule has 0 radical (unpaired) electrons. The topological polar surface area (TPSA) is 49.8 Å². The van der Waals surface area contributed by atoms with E-state index in [-0.39, 0.29) is 24.8 Å². The van der Waals surface area contributed by atoms with Crippen molar-refractivity contribution in [3.8, 4) is 0 Å². The molecule has 2 N–H and O–H groups in total. The van der Waals surface area contributed by atoms with E-state index in [0.29, 0.717) is 12.0 Å². The molecule has 0 unspecified atom stereocenters. The summed E-state index contributed by atoms with van der Waals surface area (Å²) in [7, 11) is 0. The Bertz CT molecular complexity index is 290. The predicted octanol–water partition coefficient (Wildman–Crippen LogP) is 1.62. The van der Waals surface area contributed by atoms with Crippen LogP contribution in [0.5, 0.6) is 0 Å². The molecule has 2 rings (SSSR count). The molecule has 0 aliphatic carbocycles. The van der Waals surface area contributed by atoms with Crippen molar-refractivity contribution in [3.63, 3.8) is 0 Å². The minimum absolute atomic E-state index is 0. The lowest BCUT2D eigenvalue weighted by Crippen LogP contribution is -2.35. The molecule has 0 spiro atoms. The highest BCUT2D eigenvalue weighted by molar-refractivity contribution is 5.85. The van der Waals surface area contributed by atoms with E-state index in [1.54, 1.807) is 0 Å². The minimum Gasteiger partial charge on any atom is -0.351 e. The summed E-state index contributed by atoms with van der Waals surface area (Å²) in [5, 5.41) is 6.45. The maximum absolute atomic E-state index is 12.5. The van der Waals surface area contributed by atoms with Crippen molar-refractivity contribution in [2.24, 2.45) is 0 Å². The van der Waals surface area contributed by atoms with Crippen LogP contribution in [0.25, 0.3) is 0 Å². The fourth-order valence-corrected chi connectivity index (χ4v) is 1.54. The molecule has 1 aromatic heterocycles. The first-order valence-electron chi connectivity index (χ1n) is 4.79. The highest BCUT2D eigenvalue weighted by Gasteiger charge is 2.13. The van der Waals surface area contributed by atoms with Crippen LogP contribution in [0.3, 0.4) is 0 Å². The molecular weight excluding hydrogens is 254 g/mol. The smallest absolute Gasteiger partial charge is 0.222 e. The Hall–Kier alpha value is -0.650. The fourth-order valence-electron chi connectivity index (χ4n) is 1.54. The summed E-state index contributed by atoms with van der Waals surface area (Å²) in [5.74, 6) is 0.110. The summed E-state index contributed by atoms with van der Waals surface area (Å²) < 4.78 is 12.5. The SMILES string of the molecule is Cl.Cl.Fc1cnc(NC2CCNCC2)nc1. The van der Waals surface area contributed by atoms with E-state index in [2.05, 4.69) is 20.6 Å². The van der Waals surface area contributed by atoms with E-state index >= 15 is 0 Å². The van der Waals surface area contributed by atoms with Gasteiger partial charge in [0.1, 0.15) is 0 Å². The van der Waals surface area contributed by atoms with Gasteiger partial charge in [0.05, 0.1) is 12.4 Å². The Morgan fingerprint density at radius 3 is 2.31 bits per heavy atom. The molecule has 4 nitrogen and oxygen atoms in total. The van der Waals surface area contributed by atoms with Gasteiger partial charge in [-0.1, -0.05) is 0 Å². The van der Waals surface area contributed by atoms with Crippen LogP contribution in [-0.2, 0) is 0 Å². The number of halogens is 3. The Kier molecular flexibility index (Phi) is 7.29. The standard InChI is InChI=1S/C9H13FN4.2ClH/c10-7-5-12-9(13-6-7)14-8-1-3-11-4-2-8;;/h5-6,8,11H,1-4H2,(H,12,13,14);2*1H. The molecule has 0 bridgehead atoms. The van der Waals surface area contributed by atoms with E-state index < -0.39 is 5.82 Å². The van der Waals surface area contributed by atoms with Gasteiger partial charge in [0.2, 0.25) is 5.95 Å². The summed E-state index contributed by atoms with van der Waals surface area (Å²) in [6.07, 6.45) is 4.47. The van der Waals surface area contributed by atoms with Crippen LogP contribution in [0.2, 0.25) is 0 Å². The zero-order valence-electron chi connectivity index (χ0n) is 8.65. The van der Waals surface area contributed by atoms with Crippen LogP contribution >= 0.6 is 24.8 Å². The Balaban J connectivity index is 0.00000112. The summed E-state index contributed by atoms with van der Waals surface area (Å²) in [4.78, 5) is 7.71. The van der Waals surface area contributed by atoms with Crippen LogP contribution in [-0.4, -0.2) is 29.1 Å². The van der Waals surface area contributed by atoms with Crippen LogP contribution in [0.1, 0.15) is 12.8 Å². The molecular formula is C9H15Cl2FN4. The number of piperidine rings is 1. The van der Waals surface area contributed by atoms with Gasteiger partial charge in [-0.25, -0.2) is 14.4 Å². The third kappa shape index (κ3) is 4.47. The second-order valence-electron chi connectivity index (χ2n) is 3.39. The molecule has 1 aliphatic heterocycles. The van der Waals surface area contributed by atoms with Gasteiger partial charge in [0.25, 0.3) is 0 Å². The molecule has 0 atom stereocenters. The van der Waals surface area contributed by atoms with E-state index in [1.807, 2.05) is 0 Å². The average Bonchev–Trinajstić information content (AvgIpc) is 2.23. The number of nitrogens with zero attached hydrogens (tertiary/aromatic N) is 2. The fraction of sp³-hybridized carbons (Fsp3) is 0.556. The van der Waals surface area contributed by atoms with Crippen molar-refractivity contribution in [3.05, 3.63) is 18.2 Å². The van der Waals surface area contributed by atoms with E-state index in [0.717, 1.165) is 25.9 Å². The zero-order valence-corrected chi connectivity index (χ0v) is 10.3. The highest BCUT2D eigenvalue weighted by Crippen LogP contribution is 2.08. The molecule has 1 fully saturated rings. The molecule has 16 heavy (non-hydrogen) atoms. The van der Waals surface area contributed by atoms with Gasteiger partial charge in [0.15, 0.2) is 5.82 Å². The van der Waals surface area contributed by atoms with Crippen molar-refractivity contribution in [2.75, 3.05) is 18.4 Å². The summed E-state index contributed by atoms with van der Waals surface area (Å²) in [5.41, 5.74) is 0. The number of hydrogen-bond acceptors (Lipinski definition) is 4. The number of nitrogens with one attached hydrogen (secondary N) is 2. The van der Waals surface area contributed by atoms with Crippen molar-refractivity contribution >= 4 is 30.8 Å². The van der Waals surface area contributed by atoms with Gasteiger partial charge in [-0.05, 0) is 25.9 Å². The molecule has 0 saturated carbocycles. The largest absolute Gasteiger partial charge is 0.351 e. The van der Waals surface area contributed by atoms with E-state index in [9.17, 15) is 4.39 Å². The number of aromatic nitrogens is 2. The van der Waals surface area contributed by atoms with E-state index in [1.165, 1.54) is 12.4 Å². The molecule has 1 saturated heterocycles. The van der Waals surface area contributed by atoms with Gasteiger partial charge in [-0.15, -0.1) is 24.8 Å². The molecule has 0 aromatic carbocycles. The van der Waals surface area contributed by atoms with Gasteiger partial charge in [0, 0.05) is 6.04 Å². The number of hydrogen-bond donors (Lipinski definition) is 2. The third-order valence-corrected chi connectivity index (χ3v) is 2.29. The molecule has 7 heteroatoms. The second-order valence-corrected chi connectivity index (χ2v) is 3.39. The first-order valence-corrected chi connectivity index (χ1v) is 4.79. The lowest BCUT2D eigenvalue weighted by Gasteiger charge is -2.23. The van der Waals surface area contributed by atoms with Crippen LogP contribution in [0, 0.1) is 5.82 Å². The number of rotatable bonds is 2. The van der Waals surface area contributed by atoms with Crippen molar-refractivity contribution in [2.45, 2.75) is 18.9 Å². The lowest BCUT2D eigenvalue weighted by molar-refractivity contribution is 0.476. The molecule has 0 amide bonds. The quantitative estimate of drug-likeness (QED) is 0.856. The van der Waals surface area contributed by atoms with Crippen molar-refractivity contribution < 1.29 is 4.39 Å². The normalized spacial score (nSPS) is 15.8. The lowest BCUT2D eigenvalue weighted by atomic mass is 10.1. The van der Waals surface area contributed by atoms with Gasteiger partial charge in [-0.3, -0.25) is 0 Å². The highest BCUT2D eigenvalue weighted by atomic mass is 35.5. The monoisotopic (exact) mass is 268 g/mol. The molecule has 1 aromatic rings. The van der Waals surface area contributed by atoms with Crippen LogP contribution in [0.4, 0.5) is 10.3 Å². The maximum Gasteiger partial charge on any atom is 0.222 e. The summed E-state index contributed by atoms with van der Waals surface area (Å²) >= 11 is 0. The second kappa shape index (κ2) is 7.60. The maximum atomic E-state index is 12.5. The van der Waals surface area contributed by atoms with Gasteiger partial charge >= 0.3 is 0 Å². The van der Waals surface area contributed by atoms with Gasteiger partial charge in [-0.2, -0.15) is 0 Å². The van der Waals surface area contributed by atoms with Crippen LogP contribution in [0.15, 0.2) is 12.4 Å². The van der Waals surface area contributed by atoms with Crippen molar-refractivity contribution in [1.29, 1.82) is 0 Å². The number of anilines is 1. The average molecular weight is 269 g/mol. The van der Waals surface area contributed by atoms with Crippen LogP contribution < -0.4 is 10.6 Å². The Labute approximate surface area is 106 Å². The summed E-state index contributed by atoms with van der Waals surface area (Å²) in [6, 6.07) is 0.404. The predicted molar refractivity (Wildman–Crippen MR) is 66.0 cm³/mol. The molecule has 2 heterocycles. The molecule has 1 aliphatic rings. The molecule has 92 valence electrons. The first-order chi connectivity index (χ1) is 6.84. The van der Waals surface area contributed by atoms with Gasteiger partial charge < -0.3 is 10.6 Å². The first kappa shape index (κ1) is 15.3. The Morgan fingerprint density at radius 1 is 1.19 bits per heavy atom. The summed E-state index contributed by atoms with van der Waals surface area (Å²) in [6.45, 7) is 2.03. The minimum atomic E-state index is -0.402. The van der Waals surface area contributed by atoms with E-state index in [4.69, 9.17) is 0 Å².